The summed E-state index contributed by atoms with van der Waals surface area (Å²) in [5.41, 5.74) is 4.42. The van der Waals surface area contributed by atoms with E-state index in [0.717, 1.165) is 16.8 Å². The van der Waals surface area contributed by atoms with Gasteiger partial charge in [-0.1, -0.05) is 48.0 Å². The molecule has 1 aromatic heterocycles. The maximum absolute atomic E-state index is 12.0. The minimum atomic E-state index is 0.0584. The average molecular weight is 319 g/mol. The second-order valence-corrected chi connectivity index (χ2v) is 5.89. The Morgan fingerprint density at radius 3 is 2.54 bits per heavy atom. The number of benzene rings is 2. The molecular weight excluding hydrogens is 298 g/mol. The molecule has 24 heavy (non-hydrogen) atoms. The van der Waals surface area contributed by atoms with Crippen molar-refractivity contribution in [1.29, 1.82) is 0 Å². The SMILES string of the molecule is Cc1ccc(CNC(=O)CCc2cnn(-c3ccccc3)c2)cc1. The lowest BCUT2D eigenvalue weighted by Gasteiger charge is -2.05. The van der Waals surface area contributed by atoms with Crippen LogP contribution in [0.4, 0.5) is 0 Å². The molecule has 0 unspecified atom stereocenters. The minimum Gasteiger partial charge on any atom is -0.352 e. The number of para-hydroxylation sites is 1. The zero-order valence-electron chi connectivity index (χ0n) is 13.8. The Labute approximate surface area is 142 Å². The van der Waals surface area contributed by atoms with Crippen molar-refractivity contribution in [3.8, 4) is 5.69 Å². The van der Waals surface area contributed by atoms with Crippen LogP contribution in [0, 0.1) is 6.92 Å². The molecule has 0 radical (unpaired) electrons. The fourth-order valence-electron chi connectivity index (χ4n) is 2.46. The third-order valence-corrected chi connectivity index (χ3v) is 3.91. The normalized spacial score (nSPS) is 10.5. The van der Waals surface area contributed by atoms with E-state index in [-0.39, 0.29) is 5.91 Å². The topological polar surface area (TPSA) is 46.9 Å². The first-order chi connectivity index (χ1) is 11.7. The number of aromatic nitrogens is 2. The fourth-order valence-corrected chi connectivity index (χ4v) is 2.46. The van der Waals surface area contributed by atoms with Gasteiger partial charge in [-0.2, -0.15) is 5.10 Å². The molecule has 0 aliphatic rings. The molecule has 0 fully saturated rings. The highest BCUT2D eigenvalue weighted by atomic mass is 16.1. The van der Waals surface area contributed by atoms with E-state index in [1.807, 2.05) is 59.5 Å². The van der Waals surface area contributed by atoms with Gasteiger partial charge in [-0.05, 0) is 36.6 Å². The van der Waals surface area contributed by atoms with Gasteiger partial charge in [0.15, 0.2) is 0 Å². The van der Waals surface area contributed by atoms with Crippen molar-refractivity contribution in [2.75, 3.05) is 0 Å². The summed E-state index contributed by atoms with van der Waals surface area (Å²) in [6, 6.07) is 18.1. The van der Waals surface area contributed by atoms with Crippen molar-refractivity contribution in [2.45, 2.75) is 26.3 Å². The van der Waals surface area contributed by atoms with Gasteiger partial charge in [-0.3, -0.25) is 4.79 Å². The number of aryl methyl sites for hydroxylation is 2. The zero-order chi connectivity index (χ0) is 16.8. The lowest BCUT2D eigenvalue weighted by Crippen LogP contribution is -2.22. The van der Waals surface area contributed by atoms with Gasteiger partial charge in [0.05, 0.1) is 11.9 Å². The van der Waals surface area contributed by atoms with Crippen LogP contribution in [0.2, 0.25) is 0 Å². The van der Waals surface area contributed by atoms with Crippen LogP contribution in [-0.2, 0) is 17.8 Å². The van der Waals surface area contributed by atoms with Crippen molar-refractivity contribution in [2.24, 2.45) is 0 Å². The second-order valence-electron chi connectivity index (χ2n) is 5.89. The Hall–Kier alpha value is -2.88. The maximum atomic E-state index is 12.0. The van der Waals surface area contributed by atoms with Crippen molar-refractivity contribution >= 4 is 5.91 Å². The summed E-state index contributed by atoms with van der Waals surface area (Å²) in [6.07, 6.45) is 4.95. The molecule has 0 bridgehead atoms. The highest BCUT2D eigenvalue weighted by Crippen LogP contribution is 2.09. The number of nitrogens with zero attached hydrogens (tertiary/aromatic N) is 2. The first-order valence-electron chi connectivity index (χ1n) is 8.12. The Morgan fingerprint density at radius 2 is 1.79 bits per heavy atom. The molecule has 1 heterocycles. The van der Waals surface area contributed by atoms with Gasteiger partial charge >= 0.3 is 0 Å². The zero-order valence-corrected chi connectivity index (χ0v) is 13.8. The van der Waals surface area contributed by atoms with Gasteiger partial charge in [0.2, 0.25) is 5.91 Å². The number of amides is 1. The monoisotopic (exact) mass is 319 g/mol. The van der Waals surface area contributed by atoms with Crippen LogP contribution >= 0.6 is 0 Å². The van der Waals surface area contributed by atoms with E-state index in [2.05, 4.69) is 29.5 Å². The van der Waals surface area contributed by atoms with Crippen LogP contribution in [0.3, 0.4) is 0 Å². The molecule has 2 aromatic carbocycles. The number of hydrogen-bond acceptors (Lipinski definition) is 2. The average Bonchev–Trinajstić information content (AvgIpc) is 3.09. The Balaban J connectivity index is 1.48. The van der Waals surface area contributed by atoms with Gasteiger partial charge in [-0.15, -0.1) is 0 Å². The Kier molecular flexibility index (Phi) is 5.06. The van der Waals surface area contributed by atoms with E-state index in [1.54, 1.807) is 0 Å². The lowest BCUT2D eigenvalue weighted by molar-refractivity contribution is -0.121. The molecule has 0 aliphatic carbocycles. The summed E-state index contributed by atoms with van der Waals surface area (Å²) in [7, 11) is 0. The van der Waals surface area contributed by atoms with Gasteiger partial charge in [-0.25, -0.2) is 4.68 Å². The van der Waals surface area contributed by atoms with Crippen LogP contribution in [0.25, 0.3) is 5.69 Å². The Bertz CT molecular complexity index is 791. The molecule has 1 amide bonds. The van der Waals surface area contributed by atoms with Gasteiger partial charge in [0.25, 0.3) is 0 Å². The van der Waals surface area contributed by atoms with Crippen molar-refractivity contribution in [1.82, 2.24) is 15.1 Å². The number of carbonyl (C=O) groups excluding carboxylic acids is 1. The Morgan fingerprint density at radius 1 is 1.04 bits per heavy atom. The first kappa shape index (κ1) is 16.0. The van der Waals surface area contributed by atoms with E-state index in [4.69, 9.17) is 0 Å². The molecule has 4 heteroatoms. The first-order valence-corrected chi connectivity index (χ1v) is 8.12. The number of rotatable bonds is 6. The largest absolute Gasteiger partial charge is 0.352 e. The summed E-state index contributed by atoms with van der Waals surface area (Å²) in [5.74, 6) is 0.0584. The van der Waals surface area contributed by atoms with Gasteiger partial charge in [0.1, 0.15) is 0 Å². The van der Waals surface area contributed by atoms with Crippen molar-refractivity contribution < 1.29 is 4.79 Å². The minimum absolute atomic E-state index is 0.0584. The number of hydrogen-bond donors (Lipinski definition) is 1. The molecule has 1 N–H and O–H groups in total. The molecule has 3 aromatic rings. The molecule has 0 saturated carbocycles. The van der Waals surface area contributed by atoms with Crippen molar-refractivity contribution in [3.05, 3.63) is 83.7 Å². The van der Waals surface area contributed by atoms with E-state index in [9.17, 15) is 4.79 Å². The summed E-state index contributed by atoms with van der Waals surface area (Å²) in [4.78, 5) is 12.0. The van der Waals surface area contributed by atoms with Crippen LogP contribution in [0.5, 0.6) is 0 Å². The summed E-state index contributed by atoms with van der Waals surface area (Å²) < 4.78 is 1.83. The van der Waals surface area contributed by atoms with Crippen LogP contribution in [0.1, 0.15) is 23.1 Å². The molecule has 0 atom stereocenters. The molecular formula is C20H21N3O. The summed E-state index contributed by atoms with van der Waals surface area (Å²) in [6.45, 7) is 2.63. The molecule has 0 spiro atoms. The molecule has 0 saturated heterocycles. The molecule has 4 nitrogen and oxygen atoms in total. The predicted molar refractivity (Wildman–Crippen MR) is 94.9 cm³/mol. The van der Waals surface area contributed by atoms with E-state index < -0.39 is 0 Å². The van der Waals surface area contributed by atoms with E-state index in [0.29, 0.717) is 19.4 Å². The van der Waals surface area contributed by atoms with Gasteiger partial charge < -0.3 is 5.32 Å². The predicted octanol–water partition coefficient (Wildman–Crippen LogP) is 3.43. The van der Waals surface area contributed by atoms with Crippen LogP contribution in [-0.4, -0.2) is 15.7 Å². The third-order valence-electron chi connectivity index (χ3n) is 3.91. The summed E-state index contributed by atoms with van der Waals surface area (Å²) >= 11 is 0. The van der Waals surface area contributed by atoms with E-state index >= 15 is 0 Å². The third kappa shape index (κ3) is 4.32. The highest BCUT2D eigenvalue weighted by Gasteiger charge is 2.05. The van der Waals surface area contributed by atoms with E-state index in [1.165, 1.54) is 5.56 Å². The lowest BCUT2D eigenvalue weighted by atomic mass is 10.1. The highest BCUT2D eigenvalue weighted by molar-refractivity contribution is 5.76. The standard InChI is InChI=1S/C20H21N3O/c1-16-7-9-17(10-8-16)13-21-20(24)12-11-18-14-22-23(15-18)19-5-3-2-4-6-19/h2-10,14-15H,11-13H2,1H3,(H,21,24). The quantitative estimate of drug-likeness (QED) is 0.756. The fraction of sp³-hybridized carbons (Fsp3) is 0.200. The molecule has 0 aliphatic heterocycles. The summed E-state index contributed by atoms with van der Waals surface area (Å²) in [5, 5.41) is 7.31. The van der Waals surface area contributed by atoms with Crippen LogP contribution < -0.4 is 5.32 Å². The smallest absolute Gasteiger partial charge is 0.220 e. The maximum Gasteiger partial charge on any atom is 0.220 e. The van der Waals surface area contributed by atoms with Gasteiger partial charge in [0, 0.05) is 19.2 Å². The second kappa shape index (κ2) is 7.59. The molecule has 3 rings (SSSR count). The van der Waals surface area contributed by atoms with Crippen LogP contribution in [0.15, 0.2) is 67.0 Å². The molecule has 122 valence electrons. The number of carbonyl (C=O) groups is 1. The van der Waals surface area contributed by atoms with Crippen molar-refractivity contribution in [3.63, 3.8) is 0 Å². The number of nitrogens with one attached hydrogen (secondary N) is 1.